The van der Waals surface area contributed by atoms with Gasteiger partial charge >= 0.3 is 0 Å². The van der Waals surface area contributed by atoms with Crippen molar-refractivity contribution in [3.05, 3.63) is 53.6 Å². The highest BCUT2D eigenvalue weighted by Crippen LogP contribution is 2.27. The van der Waals surface area contributed by atoms with Crippen LogP contribution in [-0.4, -0.2) is 33.3 Å². The zero-order valence-electron chi connectivity index (χ0n) is 14.8. The minimum atomic E-state index is -3.85. The number of aryl methyl sites for hydroxylation is 1. The second kappa shape index (κ2) is 8.50. The van der Waals surface area contributed by atoms with Gasteiger partial charge < -0.3 is 20.3 Å². The van der Waals surface area contributed by atoms with Gasteiger partial charge in [0.1, 0.15) is 6.61 Å². The van der Waals surface area contributed by atoms with Crippen molar-refractivity contribution in [2.24, 2.45) is 10.9 Å². The van der Waals surface area contributed by atoms with Crippen LogP contribution in [0.3, 0.4) is 0 Å². The lowest BCUT2D eigenvalue weighted by Crippen LogP contribution is -2.30. The summed E-state index contributed by atoms with van der Waals surface area (Å²) in [7, 11) is -2.30. The van der Waals surface area contributed by atoms with E-state index in [1.54, 1.807) is 38.3 Å². The number of nitrogens with two attached hydrogens (primary N) is 2. The molecule has 2 atom stereocenters. The molecule has 0 spiro atoms. The van der Waals surface area contributed by atoms with Gasteiger partial charge in [0.15, 0.2) is 11.5 Å². The average Bonchev–Trinajstić information content (AvgIpc) is 2.59. The van der Waals surface area contributed by atoms with Crippen molar-refractivity contribution in [1.82, 2.24) is 0 Å². The first-order valence-electron chi connectivity index (χ1n) is 8.05. The molecule has 0 fully saturated rings. The van der Waals surface area contributed by atoms with Crippen LogP contribution in [-0.2, 0) is 10.0 Å². The van der Waals surface area contributed by atoms with Crippen LogP contribution in [0.2, 0.25) is 0 Å². The van der Waals surface area contributed by atoms with Gasteiger partial charge in [-0.3, -0.25) is 0 Å². The summed E-state index contributed by atoms with van der Waals surface area (Å²) in [4.78, 5) is -0.00658. The summed E-state index contributed by atoms with van der Waals surface area (Å²) < 4.78 is 34.1. The van der Waals surface area contributed by atoms with Gasteiger partial charge in [-0.05, 0) is 42.7 Å². The number of methoxy groups -OCH3 is 1. The van der Waals surface area contributed by atoms with Crippen molar-refractivity contribution in [2.75, 3.05) is 13.7 Å². The van der Waals surface area contributed by atoms with E-state index >= 15 is 0 Å². The standard InChI is InChI=1S/C18H24N2O5S/c1-12-7-8-13(9-18(12)26(20,22)23)15(21)10-14(19)11-25-17-6-4-3-5-16(17)24-2/h3-9,14-15,21H,10-11,19H2,1-2H3,(H2,20,22,23). The highest BCUT2D eigenvalue weighted by Gasteiger charge is 2.18. The van der Waals surface area contributed by atoms with E-state index in [9.17, 15) is 13.5 Å². The normalized spacial score (nSPS) is 13.9. The van der Waals surface area contributed by atoms with E-state index in [2.05, 4.69) is 0 Å². The molecule has 0 aliphatic carbocycles. The van der Waals surface area contributed by atoms with E-state index in [1.165, 1.54) is 6.07 Å². The Morgan fingerprint density at radius 1 is 1.15 bits per heavy atom. The fraction of sp³-hybridized carbons (Fsp3) is 0.333. The lowest BCUT2D eigenvalue weighted by atomic mass is 10.0. The van der Waals surface area contributed by atoms with Crippen LogP contribution >= 0.6 is 0 Å². The Morgan fingerprint density at radius 2 is 1.81 bits per heavy atom. The summed E-state index contributed by atoms with van der Waals surface area (Å²) in [5.41, 5.74) is 6.99. The Bertz CT molecular complexity index is 854. The van der Waals surface area contributed by atoms with Crippen molar-refractivity contribution >= 4 is 10.0 Å². The van der Waals surface area contributed by atoms with Gasteiger partial charge in [0.2, 0.25) is 10.0 Å². The molecule has 2 unspecified atom stereocenters. The molecule has 0 heterocycles. The highest BCUT2D eigenvalue weighted by atomic mass is 32.2. The van der Waals surface area contributed by atoms with Crippen LogP contribution in [0.15, 0.2) is 47.4 Å². The van der Waals surface area contributed by atoms with E-state index in [4.69, 9.17) is 20.3 Å². The number of aliphatic hydroxyl groups excluding tert-OH is 1. The molecule has 0 radical (unpaired) electrons. The van der Waals surface area contributed by atoms with Gasteiger partial charge in [-0.2, -0.15) is 0 Å². The Kier molecular flexibility index (Phi) is 6.60. The van der Waals surface area contributed by atoms with Crippen LogP contribution in [0, 0.1) is 6.92 Å². The van der Waals surface area contributed by atoms with E-state index in [0.717, 1.165) is 0 Å². The van der Waals surface area contributed by atoms with Gasteiger partial charge in [-0.1, -0.05) is 24.3 Å². The topological polar surface area (TPSA) is 125 Å². The number of para-hydroxylation sites is 2. The third-order valence-corrected chi connectivity index (χ3v) is 5.00. The summed E-state index contributed by atoms with van der Waals surface area (Å²) in [6.45, 7) is 1.81. The van der Waals surface area contributed by atoms with Gasteiger partial charge in [-0.15, -0.1) is 0 Å². The van der Waals surface area contributed by atoms with Crippen molar-refractivity contribution < 1.29 is 23.0 Å². The van der Waals surface area contributed by atoms with Crippen molar-refractivity contribution in [3.63, 3.8) is 0 Å². The van der Waals surface area contributed by atoms with E-state index in [-0.39, 0.29) is 17.9 Å². The monoisotopic (exact) mass is 380 g/mol. The number of aliphatic hydroxyl groups is 1. The SMILES string of the molecule is COc1ccccc1OCC(N)CC(O)c1ccc(C)c(S(N)(=O)=O)c1. The fourth-order valence-electron chi connectivity index (χ4n) is 2.56. The Balaban J connectivity index is 2.02. The molecular weight excluding hydrogens is 356 g/mol. The maximum Gasteiger partial charge on any atom is 0.238 e. The fourth-order valence-corrected chi connectivity index (χ4v) is 3.37. The summed E-state index contributed by atoms with van der Waals surface area (Å²) in [6.07, 6.45) is -0.741. The molecule has 26 heavy (non-hydrogen) atoms. The zero-order valence-corrected chi connectivity index (χ0v) is 15.6. The molecule has 2 rings (SSSR count). The third-order valence-electron chi connectivity index (χ3n) is 3.95. The second-order valence-corrected chi connectivity index (χ2v) is 7.57. The van der Waals surface area contributed by atoms with Crippen LogP contribution in [0.5, 0.6) is 11.5 Å². The number of sulfonamides is 1. The van der Waals surface area contributed by atoms with E-state index in [1.807, 2.05) is 12.1 Å². The number of hydrogen-bond acceptors (Lipinski definition) is 6. The molecule has 0 aromatic heterocycles. The van der Waals surface area contributed by atoms with Crippen molar-refractivity contribution in [3.8, 4) is 11.5 Å². The highest BCUT2D eigenvalue weighted by molar-refractivity contribution is 7.89. The largest absolute Gasteiger partial charge is 0.493 e. The van der Waals surface area contributed by atoms with E-state index < -0.39 is 22.2 Å². The maximum absolute atomic E-state index is 11.6. The first-order valence-corrected chi connectivity index (χ1v) is 9.59. The molecule has 2 aromatic rings. The van der Waals surface area contributed by atoms with Crippen LogP contribution in [0.1, 0.15) is 23.7 Å². The van der Waals surface area contributed by atoms with Gasteiger partial charge in [0, 0.05) is 6.04 Å². The summed E-state index contributed by atoms with van der Waals surface area (Å²) in [5.74, 6) is 1.16. The smallest absolute Gasteiger partial charge is 0.238 e. The molecule has 5 N–H and O–H groups in total. The Labute approximate surface area is 153 Å². The third kappa shape index (κ3) is 5.18. The Morgan fingerprint density at radius 3 is 2.42 bits per heavy atom. The molecule has 142 valence electrons. The predicted molar refractivity (Wildman–Crippen MR) is 98.6 cm³/mol. The van der Waals surface area contributed by atoms with Gasteiger partial charge in [-0.25, -0.2) is 13.6 Å². The molecule has 0 saturated carbocycles. The molecule has 0 aliphatic heterocycles. The first kappa shape index (κ1) is 20.2. The van der Waals surface area contributed by atoms with Crippen LogP contribution in [0.4, 0.5) is 0 Å². The molecule has 0 saturated heterocycles. The molecule has 7 nitrogen and oxygen atoms in total. The Hall–Kier alpha value is -2.13. The first-order chi connectivity index (χ1) is 12.2. The van der Waals surface area contributed by atoms with E-state index in [0.29, 0.717) is 22.6 Å². The second-order valence-electron chi connectivity index (χ2n) is 6.04. The molecule has 0 amide bonds. The summed E-state index contributed by atoms with van der Waals surface area (Å²) in [5, 5.41) is 15.6. The quantitative estimate of drug-likeness (QED) is 0.637. The number of primary sulfonamides is 1. The minimum Gasteiger partial charge on any atom is -0.493 e. The van der Waals surface area contributed by atoms with Gasteiger partial charge in [0.05, 0.1) is 18.1 Å². The van der Waals surface area contributed by atoms with Crippen molar-refractivity contribution in [1.29, 1.82) is 0 Å². The predicted octanol–water partition coefficient (Wildman–Crippen LogP) is 1.48. The number of ether oxygens (including phenoxy) is 2. The zero-order chi connectivity index (χ0) is 19.3. The molecular formula is C18H24N2O5S. The van der Waals surface area contributed by atoms with Gasteiger partial charge in [0.25, 0.3) is 0 Å². The maximum atomic E-state index is 11.6. The average molecular weight is 380 g/mol. The number of hydrogen-bond donors (Lipinski definition) is 3. The number of rotatable bonds is 8. The molecule has 2 aromatic carbocycles. The number of benzene rings is 2. The molecule has 0 bridgehead atoms. The molecule has 0 aliphatic rings. The van der Waals surface area contributed by atoms with Crippen LogP contribution in [0.25, 0.3) is 0 Å². The summed E-state index contributed by atoms with van der Waals surface area (Å²) in [6, 6.07) is 11.4. The lowest BCUT2D eigenvalue weighted by Gasteiger charge is -2.19. The lowest BCUT2D eigenvalue weighted by molar-refractivity contribution is 0.143. The molecule has 8 heteroatoms. The van der Waals surface area contributed by atoms with Crippen LogP contribution < -0.4 is 20.3 Å². The summed E-state index contributed by atoms with van der Waals surface area (Å²) >= 11 is 0. The minimum absolute atomic E-state index is 0.00658. The van der Waals surface area contributed by atoms with Crippen molar-refractivity contribution in [2.45, 2.75) is 30.4 Å².